The van der Waals surface area contributed by atoms with Gasteiger partial charge in [-0.25, -0.2) is 4.79 Å². The zero-order valence-electron chi connectivity index (χ0n) is 24.6. The quantitative estimate of drug-likeness (QED) is 0.118. The van der Waals surface area contributed by atoms with Crippen LogP contribution < -0.4 is 11.1 Å². The number of unbranched alkanes of at least 4 members (excludes halogenated alkanes) is 5. The number of aliphatic carboxylic acids is 1. The highest BCUT2D eigenvalue weighted by atomic mass is 16.4. The van der Waals surface area contributed by atoms with Crippen LogP contribution in [0.5, 0.6) is 0 Å². The van der Waals surface area contributed by atoms with Crippen LogP contribution in [0.1, 0.15) is 81.8 Å². The molecule has 222 valence electrons. The number of hydrogen-bond acceptors (Lipinski definition) is 4. The summed E-state index contributed by atoms with van der Waals surface area (Å²) in [7, 11) is 0. The minimum absolute atomic E-state index is 0.213. The van der Waals surface area contributed by atoms with E-state index in [1.54, 1.807) is 0 Å². The van der Waals surface area contributed by atoms with Crippen molar-refractivity contribution in [2.45, 2.75) is 82.7 Å². The molecule has 0 fully saturated rings. The molecule has 2 aliphatic rings. The van der Waals surface area contributed by atoms with Crippen molar-refractivity contribution >= 4 is 34.6 Å². The molecular formula is C35H44N5O2-. The number of allylic oxidation sites excluding steroid dienone is 1. The van der Waals surface area contributed by atoms with E-state index in [0.29, 0.717) is 31.3 Å². The maximum absolute atomic E-state index is 12.1. The fourth-order valence-corrected chi connectivity index (χ4v) is 6.61. The number of rotatable bonds is 14. The molecule has 2 aromatic carbocycles. The van der Waals surface area contributed by atoms with Gasteiger partial charge in [-0.05, 0) is 70.7 Å². The average molecular weight is 567 g/mol. The lowest BCUT2D eigenvalue weighted by molar-refractivity contribution is -0.131. The number of hydrogen-bond donors (Lipinski definition) is 4. The molecule has 42 heavy (non-hydrogen) atoms. The Morgan fingerprint density at radius 1 is 1.12 bits per heavy atom. The lowest BCUT2D eigenvalue weighted by Gasteiger charge is -2.39. The molecule has 7 nitrogen and oxygen atoms in total. The zero-order valence-corrected chi connectivity index (χ0v) is 24.6. The largest absolute Gasteiger partial charge is 0.478 e. The molecular weight excluding hydrogens is 522 g/mol. The summed E-state index contributed by atoms with van der Waals surface area (Å²) >= 11 is 0. The molecule has 4 atom stereocenters. The number of carboxylic acids is 1. The molecule has 1 aliphatic heterocycles. The molecule has 0 saturated carbocycles. The second kappa shape index (κ2) is 14.3. The Hall–Kier alpha value is -4.00. The van der Waals surface area contributed by atoms with Crippen molar-refractivity contribution < 1.29 is 9.90 Å². The van der Waals surface area contributed by atoms with Crippen LogP contribution in [-0.4, -0.2) is 40.6 Å². The summed E-state index contributed by atoms with van der Waals surface area (Å²) in [6, 6.07) is 16.6. The molecule has 5 rings (SSSR count). The van der Waals surface area contributed by atoms with E-state index in [1.165, 1.54) is 66.5 Å². The first-order valence-corrected chi connectivity index (χ1v) is 15.6. The van der Waals surface area contributed by atoms with E-state index in [9.17, 15) is 9.90 Å². The Bertz CT molecular complexity index is 1420. The fourth-order valence-electron chi connectivity index (χ4n) is 6.61. The van der Waals surface area contributed by atoms with Gasteiger partial charge < -0.3 is 26.5 Å². The van der Waals surface area contributed by atoms with Crippen molar-refractivity contribution in [3.05, 3.63) is 88.9 Å². The smallest absolute Gasteiger partial charge is 0.328 e. The van der Waals surface area contributed by atoms with Gasteiger partial charge in [0.05, 0.1) is 6.04 Å². The fraction of sp³-hybridized carbons (Fsp3) is 0.429. The highest BCUT2D eigenvalue weighted by molar-refractivity contribution is 5.87. The number of carboxylic acid groups (broad SMARTS) is 1. The first-order valence-electron chi connectivity index (χ1n) is 15.6. The van der Waals surface area contributed by atoms with Crippen LogP contribution in [0.15, 0.2) is 77.4 Å². The van der Waals surface area contributed by atoms with Crippen molar-refractivity contribution in [2.24, 2.45) is 16.6 Å². The van der Waals surface area contributed by atoms with Crippen LogP contribution in [0.2, 0.25) is 0 Å². The second-order valence-corrected chi connectivity index (χ2v) is 11.7. The minimum Gasteiger partial charge on any atom is -0.478 e. The third kappa shape index (κ3) is 7.44. The van der Waals surface area contributed by atoms with Gasteiger partial charge in [-0.2, -0.15) is 0 Å². The maximum Gasteiger partial charge on any atom is 0.328 e. The molecule has 0 unspecified atom stereocenters. The summed E-state index contributed by atoms with van der Waals surface area (Å²) in [4.78, 5) is 19.6. The molecule has 3 aromatic rings. The first-order chi connectivity index (χ1) is 20.5. The SMILES string of the molecule is CCCCCCCC[C@@H]1c2cc3ccccc3cc2C=C[C@H]1C[C@@H]([N-]c1ccc[nH]1)/C(=C/C(=O)O)[C@H]1CCN=C(N)N1. The lowest BCUT2D eigenvalue weighted by Crippen LogP contribution is -2.47. The van der Waals surface area contributed by atoms with Gasteiger partial charge in [0.15, 0.2) is 5.96 Å². The molecule has 0 radical (unpaired) electrons. The highest BCUT2D eigenvalue weighted by Gasteiger charge is 2.31. The number of guanidine groups is 1. The van der Waals surface area contributed by atoms with Crippen LogP contribution in [-0.2, 0) is 4.79 Å². The summed E-state index contributed by atoms with van der Waals surface area (Å²) in [5.74, 6) is 0.663. The number of aromatic amines is 1. The number of H-pyrrole nitrogens is 1. The van der Waals surface area contributed by atoms with E-state index < -0.39 is 5.97 Å². The second-order valence-electron chi connectivity index (χ2n) is 11.7. The van der Waals surface area contributed by atoms with Gasteiger partial charge in [-0.3, -0.25) is 4.99 Å². The molecule has 1 aromatic heterocycles. The topological polar surface area (TPSA) is 118 Å². The number of benzene rings is 2. The van der Waals surface area contributed by atoms with E-state index in [-0.39, 0.29) is 18.0 Å². The Balaban J connectivity index is 1.46. The van der Waals surface area contributed by atoms with Gasteiger partial charge >= 0.3 is 5.97 Å². The van der Waals surface area contributed by atoms with Gasteiger partial charge in [-0.1, -0.05) is 112 Å². The van der Waals surface area contributed by atoms with Crippen molar-refractivity contribution in [2.75, 3.05) is 6.54 Å². The number of nitrogens with zero attached hydrogens (tertiary/aromatic N) is 2. The highest BCUT2D eigenvalue weighted by Crippen LogP contribution is 2.44. The Morgan fingerprint density at radius 2 is 1.90 bits per heavy atom. The standard InChI is InChI=1S/C35H44N5O2/c1-2-3-4-5-6-7-13-28-27(16-15-26-20-24-11-8-9-12-25(24)21-29(26)28)22-32(39-33-14-10-18-37-33)30(23-34(41)42)31-17-19-38-35(36)40-31/h8-12,14-16,18,20-21,23,27-28,31-32,37H,2-7,13,17,19,22H2,1H3,(H,41,42)(H3,36,38,40)/q-1/b30-23+/t27-,28-,31+,32+/m0/s1. The van der Waals surface area contributed by atoms with Crippen molar-refractivity contribution in [3.8, 4) is 0 Å². The number of carbonyl (C=O) groups is 1. The van der Waals surface area contributed by atoms with E-state index in [4.69, 9.17) is 11.1 Å². The van der Waals surface area contributed by atoms with E-state index >= 15 is 0 Å². The zero-order chi connectivity index (χ0) is 29.3. The molecule has 0 amide bonds. The number of fused-ring (bicyclic) bond motifs is 2. The Morgan fingerprint density at radius 3 is 2.64 bits per heavy atom. The molecule has 5 N–H and O–H groups in total. The Kier molecular flexibility index (Phi) is 10.0. The van der Waals surface area contributed by atoms with Gasteiger partial charge in [0, 0.05) is 12.6 Å². The van der Waals surface area contributed by atoms with Gasteiger partial charge in [0.1, 0.15) is 0 Å². The van der Waals surface area contributed by atoms with Crippen molar-refractivity contribution in [3.63, 3.8) is 0 Å². The van der Waals surface area contributed by atoms with E-state index in [2.05, 4.69) is 70.8 Å². The summed E-state index contributed by atoms with van der Waals surface area (Å²) < 4.78 is 0. The third-order valence-corrected chi connectivity index (χ3v) is 8.73. The van der Waals surface area contributed by atoms with Crippen molar-refractivity contribution in [1.82, 2.24) is 10.3 Å². The summed E-state index contributed by atoms with van der Waals surface area (Å²) in [5.41, 5.74) is 9.47. The third-order valence-electron chi connectivity index (χ3n) is 8.73. The van der Waals surface area contributed by atoms with Crippen LogP contribution in [0.25, 0.3) is 22.2 Å². The maximum atomic E-state index is 12.1. The van der Waals surface area contributed by atoms with Crippen LogP contribution in [0.4, 0.5) is 5.82 Å². The molecule has 2 heterocycles. The van der Waals surface area contributed by atoms with Crippen LogP contribution in [0.3, 0.4) is 0 Å². The van der Waals surface area contributed by atoms with Gasteiger partial charge in [-0.15, -0.1) is 0 Å². The van der Waals surface area contributed by atoms with Crippen LogP contribution >= 0.6 is 0 Å². The average Bonchev–Trinajstić information content (AvgIpc) is 3.50. The van der Waals surface area contributed by atoms with Gasteiger partial charge in [0.2, 0.25) is 0 Å². The van der Waals surface area contributed by atoms with E-state index in [1.807, 2.05) is 18.3 Å². The number of aliphatic imine (C=N–C) groups is 1. The summed E-state index contributed by atoms with van der Waals surface area (Å²) in [5, 5.41) is 20.8. The molecule has 0 bridgehead atoms. The number of aromatic nitrogens is 1. The minimum atomic E-state index is -0.973. The van der Waals surface area contributed by atoms with Crippen molar-refractivity contribution in [1.29, 1.82) is 0 Å². The first kappa shape index (κ1) is 29.5. The molecule has 7 heteroatoms. The number of nitrogens with two attached hydrogens (primary N) is 1. The molecule has 1 aliphatic carbocycles. The summed E-state index contributed by atoms with van der Waals surface area (Å²) in [6.07, 6.45) is 17.8. The predicted molar refractivity (Wildman–Crippen MR) is 173 cm³/mol. The van der Waals surface area contributed by atoms with E-state index in [0.717, 1.165) is 17.8 Å². The van der Waals surface area contributed by atoms with Gasteiger partial charge in [0.25, 0.3) is 0 Å². The van der Waals surface area contributed by atoms with Crippen LogP contribution in [0, 0.1) is 5.92 Å². The lowest BCUT2D eigenvalue weighted by atomic mass is 9.72. The molecule has 0 saturated heterocycles. The summed E-state index contributed by atoms with van der Waals surface area (Å²) in [6.45, 7) is 2.81. The Labute approximate surface area is 249 Å². The molecule has 0 spiro atoms. The normalized spacial score (nSPS) is 20.9. The monoisotopic (exact) mass is 566 g/mol. The predicted octanol–water partition coefficient (Wildman–Crippen LogP) is 7.80. The number of nitrogens with one attached hydrogen (secondary N) is 2.